The fraction of sp³-hybridized carbons (Fsp3) is 0.190. The lowest BCUT2D eigenvalue weighted by molar-refractivity contribution is -0.116. The topological polar surface area (TPSA) is 76.0 Å². The number of nitrogens with zero attached hydrogens (tertiary/aromatic N) is 2. The Balaban J connectivity index is 1.55. The highest BCUT2D eigenvalue weighted by Gasteiger charge is 2.13. The normalized spacial score (nSPS) is 10.5. The van der Waals surface area contributed by atoms with Crippen LogP contribution in [0.3, 0.4) is 0 Å². The summed E-state index contributed by atoms with van der Waals surface area (Å²) in [4.78, 5) is 24.5. The van der Waals surface area contributed by atoms with E-state index in [4.69, 9.17) is 0 Å². The molecule has 2 aromatic carbocycles. The summed E-state index contributed by atoms with van der Waals surface area (Å²) >= 11 is 3.39. The number of para-hydroxylation sites is 1. The van der Waals surface area contributed by atoms with E-state index in [-0.39, 0.29) is 24.8 Å². The largest absolute Gasteiger partial charge is 0.350 e. The van der Waals surface area contributed by atoms with Crippen molar-refractivity contribution in [1.29, 1.82) is 0 Å². The molecule has 2 N–H and O–H groups in total. The van der Waals surface area contributed by atoms with Crippen molar-refractivity contribution < 1.29 is 9.59 Å². The van der Waals surface area contributed by atoms with Gasteiger partial charge in [0.1, 0.15) is 0 Å². The van der Waals surface area contributed by atoms with Gasteiger partial charge in [0, 0.05) is 28.8 Å². The van der Waals surface area contributed by atoms with Crippen molar-refractivity contribution >= 4 is 33.4 Å². The van der Waals surface area contributed by atoms with Gasteiger partial charge in [0.05, 0.1) is 5.69 Å². The van der Waals surface area contributed by atoms with Gasteiger partial charge < -0.3 is 10.6 Å². The first-order valence-corrected chi connectivity index (χ1v) is 9.69. The number of benzene rings is 2. The van der Waals surface area contributed by atoms with Crippen LogP contribution in [0, 0.1) is 13.8 Å². The summed E-state index contributed by atoms with van der Waals surface area (Å²) < 4.78 is 2.61. The fourth-order valence-corrected chi connectivity index (χ4v) is 3.10. The van der Waals surface area contributed by atoms with E-state index in [1.807, 2.05) is 62.4 Å². The molecule has 0 saturated heterocycles. The maximum Gasteiger partial charge on any atom is 0.271 e. The average Bonchev–Trinajstić information content (AvgIpc) is 3.07. The molecular weight excluding hydrogens is 420 g/mol. The SMILES string of the molecule is Cc1ccc(Br)cc1NC(=O)CCNC(=O)c1cc(C)n(-c2ccccc2)n1. The Morgan fingerprint density at radius 3 is 2.57 bits per heavy atom. The highest BCUT2D eigenvalue weighted by Crippen LogP contribution is 2.20. The van der Waals surface area contributed by atoms with Gasteiger partial charge in [0.15, 0.2) is 5.69 Å². The molecule has 0 atom stereocenters. The van der Waals surface area contributed by atoms with Crippen molar-refractivity contribution in [2.45, 2.75) is 20.3 Å². The molecule has 3 rings (SSSR count). The van der Waals surface area contributed by atoms with Crippen LogP contribution in [0.15, 0.2) is 59.1 Å². The molecule has 3 aromatic rings. The third-order valence-electron chi connectivity index (χ3n) is 4.23. The zero-order chi connectivity index (χ0) is 20.1. The summed E-state index contributed by atoms with van der Waals surface area (Å²) in [6, 6.07) is 17.0. The van der Waals surface area contributed by atoms with Crippen LogP contribution in [0.1, 0.15) is 28.2 Å². The number of carbonyl (C=O) groups is 2. The van der Waals surface area contributed by atoms with Crippen molar-refractivity contribution in [1.82, 2.24) is 15.1 Å². The van der Waals surface area contributed by atoms with E-state index in [1.165, 1.54) is 0 Å². The minimum Gasteiger partial charge on any atom is -0.350 e. The number of amides is 2. The zero-order valence-electron chi connectivity index (χ0n) is 15.7. The molecule has 2 amide bonds. The smallest absolute Gasteiger partial charge is 0.271 e. The van der Waals surface area contributed by atoms with Gasteiger partial charge in [-0.25, -0.2) is 4.68 Å². The standard InChI is InChI=1S/C21H21BrN4O2/c1-14-8-9-16(22)13-18(14)24-20(27)10-11-23-21(28)19-12-15(2)26(25-19)17-6-4-3-5-7-17/h3-9,12-13H,10-11H2,1-2H3,(H,23,28)(H,24,27). The van der Waals surface area contributed by atoms with E-state index in [1.54, 1.807) is 10.7 Å². The second-order valence-corrected chi connectivity index (χ2v) is 7.35. The molecule has 0 fully saturated rings. The van der Waals surface area contributed by atoms with Gasteiger partial charge in [-0.2, -0.15) is 5.10 Å². The van der Waals surface area contributed by atoms with E-state index < -0.39 is 0 Å². The number of aromatic nitrogens is 2. The number of anilines is 1. The van der Waals surface area contributed by atoms with Gasteiger partial charge in [0.2, 0.25) is 5.91 Å². The lowest BCUT2D eigenvalue weighted by atomic mass is 10.2. The Morgan fingerprint density at radius 1 is 1.07 bits per heavy atom. The Morgan fingerprint density at radius 2 is 1.82 bits per heavy atom. The average molecular weight is 441 g/mol. The van der Waals surface area contributed by atoms with Crippen molar-refractivity contribution in [3.05, 3.63) is 76.0 Å². The number of carbonyl (C=O) groups excluding carboxylic acids is 2. The molecule has 0 aliphatic heterocycles. The van der Waals surface area contributed by atoms with Crippen molar-refractivity contribution in [2.24, 2.45) is 0 Å². The van der Waals surface area contributed by atoms with Gasteiger partial charge in [-0.3, -0.25) is 9.59 Å². The Hall–Kier alpha value is -2.93. The highest BCUT2D eigenvalue weighted by molar-refractivity contribution is 9.10. The molecule has 0 aliphatic rings. The fourth-order valence-electron chi connectivity index (χ4n) is 2.74. The van der Waals surface area contributed by atoms with Crippen LogP contribution in [0.5, 0.6) is 0 Å². The van der Waals surface area contributed by atoms with Crippen LogP contribution in [0.2, 0.25) is 0 Å². The maximum atomic E-state index is 12.4. The lowest BCUT2D eigenvalue weighted by Crippen LogP contribution is -2.28. The maximum absolute atomic E-state index is 12.4. The second kappa shape index (κ2) is 8.84. The number of hydrogen-bond donors (Lipinski definition) is 2. The molecule has 1 heterocycles. The molecule has 0 spiro atoms. The summed E-state index contributed by atoms with van der Waals surface area (Å²) in [7, 11) is 0. The zero-order valence-corrected chi connectivity index (χ0v) is 17.3. The summed E-state index contributed by atoms with van der Waals surface area (Å²) in [5, 5.41) is 9.97. The molecule has 0 bridgehead atoms. The van der Waals surface area contributed by atoms with Crippen LogP contribution >= 0.6 is 15.9 Å². The van der Waals surface area contributed by atoms with Gasteiger partial charge in [-0.05, 0) is 49.7 Å². The predicted molar refractivity (Wildman–Crippen MR) is 113 cm³/mol. The summed E-state index contributed by atoms with van der Waals surface area (Å²) in [6.07, 6.45) is 0.177. The van der Waals surface area contributed by atoms with E-state index in [9.17, 15) is 9.59 Å². The first-order valence-electron chi connectivity index (χ1n) is 8.90. The van der Waals surface area contributed by atoms with E-state index >= 15 is 0 Å². The minimum atomic E-state index is -0.302. The second-order valence-electron chi connectivity index (χ2n) is 6.43. The molecule has 0 saturated carbocycles. The Bertz CT molecular complexity index is 999. The Kier molecular flexibility index (Phi) is 6.26. The van der Waals surface area contributed by atoms with Gasteiger partial charge in [-0.15, -0.1) is 0 Å². The molecular formula is C21H21BrN4O2. The predicted octanol–water partition coefficient (Wildman–Crippen LogP) is 4.01. The van der Waals surface area contributed by atoms with Crippen LogP contribution < -0.4 is 10.6 Å². The molecule has 144 valence electrons. The molecule has 0 radical (unpaired) electrons. The van der Waals surface area contributed by atoms with Crippen LogP contribution in [-0.4, -0.2) is 28.1 Å². The summed E-state index contributed by atoms with van der Waals surface area (Å²) in [5.74, 6) is -0.461. The van der Waals surface area contributed by atoms with E-state index in [0.29, 0.717) is 5.69 Å². The molecule has 6 nitrogen and oxygen atoms in total. The number of halogens is 1. The van der Waals surface area contributed by atoms with E-state index in [2.05, 4.69) is 31.7 Å². The molecule has 28 heavy (non-hydrogen) atoms. The molecule has 0 unspecified atom stereocenters. The van der Waals surface area contributed by atoms with E-state index in [0.717, 1.165) is 27.1 Å². The first kappa shape index (κ1) is 19.8. The number of rotatable bonds is 6. The highest BCUT2D eigenvalue weighted by atomic mass is 79.9. The van der Waals surface area contributed by atoms with Crippen molar-refractivity contribution in [3.8, 4) is 5.69 Å². The first-order chi connectivity index (χ1) is 13.4. The lowest BCUT2D eigenvalue weighted by Gasteiger charge is -2.09. The minimum absolute atomic E-state index is 0.160. The van der Waals surface area contributed by atoms with Gasteiger partial charge in [0.25, 0.3) is 5.91 Å². The van der Waals surface area contributed by atoms with Gasteiger partial charge in [-0.1, -0.05) is 40.2 Å². The van der Waals surface area contributed by atoms with Crippen LogP contribution in [0.25, 0.3) is 5.69 Å². The quantitative estimate of drug-likeness (QED) is 0.607. The summed E-state index contributed by atoms with van der Waals surface area (Å²) in [6.45, 7) is 4.05. The molecule has 0 aliphatic carbocycles. The molecule has 1 aromatic heterocycles. The number of aryl methyl sites for hydroxylation is 2. The Labute approximate surface area is 172 Å². The van der Waals surface area contributed by atoms with Crippen molar-refractivity contribution in [2.75, 3.05) is 11.9 Å². The van der Waals surface area contributed by atoms with Crippen LogP contribution in [-0.2, 0) is 4.79 Å². The third kappa shape index (κ3) is 4.86. The summed E-state index contributed by atoms with van der Waals surface area (Å²) in [5.41, 5.74) is 3.80. The number of hydrogen-bond acceptors (Lipinski definition) is 3. The monoisotopic (exact) mass is 440 g/mol. The van der Waals surface area contributed by atoms with Gasteiger partial charge >= 0.3 is 0 Å². The molecule has 7 heteroatoms. The van der Waals surface area contributed by atoms with Crippen molar-refractivity contribution in [3.63, 3.8) is 0 Å². The third-order valence-corrected chi connectivity index (χ3v) is 4.73. The number of nitrogens with one attached hydrogen (secondary N) is 2. The van der Waals surface area contributed by atoms with Crippen LogP contribution in [0.4, 0.5) is 5.69 Å².